The molecule has 0 aliphatic carbocycles. The van der Waals surface area contributed by atoms with Crippen molar-refractivity contribution in [3.8, 4) is 11.6 Å². The average molecular weight is 326 g/mol. The number of rotatable bonds is 2. The molecule has 3 aromatic rings. The Morgan fingerprint density at radius 2 is 1.50 bits per heavy atom. The van der Waals surface area contributed by atoms with Crippen LogP contribution in [0.3, 0.4) is 0 Å². The van der Waals surface area contributed by atoms with Crippen molar-refractivity contribution in [1.29, 1.82) is 0 Å². The minimum Gasteiger partial charge on any atom is -0.435 e. The van der Waals surface area contributed by atoms with Crippen LogP contribution in [-0.4, -0.2) is 9.97 Å². The van der Waals surface area contributed by atoms with Crippen molar-refractivity contribution in [3.05, 3.63) is 57.8 Å². The molecule has 20 heavy (non-hydrogen) atoms. The molecule has 3 rings (SSSR count). The molecule has 6 heteroatoms. The largest absolute Gasteiger partial charge is 0.435 e. The molecule has 0 atom stereocenters. The fourth-order valence-corrected chi connectivity index (χ4v) is 2.42. The molecule has 0 aliphatic rings. The standard InChI is InChI=1S/C14H7Cl3N2O/c15-9-5-3-6-10(16)12(9)20-13-8-4-1-2-7-11(8)18-14(17)19-13/h1-7H. The van der Waals surface area contributed by atoms with Crippen LogP contribution < -0.4 is 4.74 Å². The van der Waals surface area contributed by atoms with Crippen LogP contribution in [0.25, 0.3) is 10.9 Å². The first-order valence-corrected chi connectivity index (χ1v) is 6.82. The lowest BCUT2D eigenvalue weighted by atomic mass is 10.2. The predicted molar refractivity (Wildman–Crippen MR) is 81.1 cm³/mol. The van der Waals surface area contributed by atoms with Gasteiger partial charge < -0.3 is 4.74 Å². The van der Waals surface area contributed by atoms with E-state index in [1.807, 2.05) is 24.3 Å². The fraction of sp³-hybridized carbons (Fsp3) is 0. The third kappa shape index (κ3) is 2.52. The van der Waals surface area contributed by atoms with E-state index in [0.29, 0.717) is 27.2 Å². The summed E-state index contributed by atoms with van der Waals surface area (Å²) in [7, 11) is 0. The summed E-state index contributed by atoms with van der Waals surface area (Å²) in [4.78, 5) is 8.22. The van der Waals surface area contributed by atoms with Crippen molar-refractivity contribution < 1.29 is 4.74 Å². The Hall–Kier alpha value is -1.55. The fourth-order valence-electron chi connectivity index (χ4n) is 1.77. The lowest BCUT2D eigenvalue weighted by Crippen LogP contribution is -1.94. The summed E-state index contributed by atoms with van der Waals surface area (Å²) in [5.41, 5.74) is 0.686. The minimum absolute atomic E-state index is 0.0990. The molecule has 0 fully saturated rings. The van der Waals surface area contributed by atoms with Crippen molar-refractivity contribution in [1.82, 2.24) is 9.97 Å². The van der Waals surface area contributed by atoms with E-state index in [0.717, 1.165) is 5.39 Å². The Kier molecular flexibility index (Phi) is 3.66. The predicted octanol–water partition coefficient (Wildman–Crippen LogP) is 5.38. The van der Waals surface area contributed by atoms with Gasteiger partial charge in [0.25, 0.3) is 0 Å². The van der Waals surface area contributed by atoms with Gasteiger partial charge in [0.2, 0.25) is 11.2 Å². The molecule has 0 unspecified atom stereocenters. The maximum absolute atomic E-state index is 6.08. The molecule has 1 aromatic heterocycles. The summed E-state index contributed by atoms with van der Waals surface area (Å²) >= 11 is 18.1. The first kappa shape index (κ1) is 13.4. The van der Waals surface area contributed by atoms with Crippen LogP contribution in [0.1, 0.15) is 0 Å². The quantitative estimate of drug-likeness (QED) is 0.593. The molecule has 2 aromatic carbocycles. The van der Waals surface area contributed by atoms with Crippen molar-refractivity contribution in [2.45, 2.75) is 0 Å². The van der Waals surface area contributed by atoms with Crippen LogP contribution in [-0.2, 0) is 0 Å². The van der Waals surface area contributed by atoms with E-state index >= 15 is 0 Å². The van der Waals surface area contributed by atoms with Crippen LogP contribution in [0.4, 0.5) is 0 Å². The van der Waals surface area contributed by atoms with Gasteiger partial charge in [-0.15, -0.1) is 0 Å². The molecular formula is C14H7Cl3N2O. The molecule has 0 bridgehead atoms. The van der Waals surface area contributed by atoms with Crippen LogP contribution >= 0.6 is 34.8 Å². The summed E-state index contributed by atoms with van der Waals surface area (Å²) in [6.07, 6.45) is 0. The highest BCUT2D eigenvalue weighted by Crippen LogP contribution is 2.37. The van der Waals surface area contributed by atoms with E-state index in [9.17, 15) is 0 Å². The summed E-state index contributed by atoms with van der Waals surface area (Å²) < 4.78 is 5.73. The van der Waals surface area contributed by atoms with Crippen LogP contribution in [0.2, 0.25) is 15.3 Å². The van der Waals surface area contributed by atoms with Gasteiger partial charge in [-0.25, -0.2) is 4.98 Å². The van der Waals surface area contributed by atoms with Gasteiger partial charge in [-0.1, -0.05) is 41.4 Å². The Labute approximate surface area is 130 Å². The van der Waals surface area contributed by atoms with Crippen molar-refractivity contribution in [2.75, 3.05) is 0 Å². The molecule has 100 valence electrons. The van der Waals surface area contributed by atoms with E-state index in [2.05, 4.69) is 9.97 Å². The molecule has 0 radical (unpaired) electrons. The molecule has 0 N–H and O–H groups in total. The average Bonchev–Trinajstić information content (AvgIpc) is 2.42. The number of halogens is 3. The van der Waals surface area contributed by atoms with Crippen LogP contribution in [0, 0.1) is 0 Å². The van der Waals surface area contributed by atoms with Gasteiger partial charge >= 0.3 is 0 Å². The number of para-hydroxylation sites is 2. The first-order valence-electron chi connectivity index (χ1n) is 5.69. The van der Waals surface area contributed by atoms with Gasteiger partial charge in [0, 0.05) is 0 Å². The third-order valence-corrected chi connectivity index (χ3v) is 3.42. The van der Waals surface area contributed by atoms with Crippen molar-refractivity contribution >= 4 is 45.7 Å². The summed E-state index contributed by atoms with van der Waals surface area (Å²) in [6, 6.07) is 12.5. The first-order chi connectivity index (χ1) is 9.65. The molecule has 0 aliphatic heterocycles. The van der Waals surface area contributed by atoms with E-state index in [1.54, 1.807) is 18.2 Å². The highest BCUT2D eigenvalue weighted by Gasteiger charge is 2.13. The van der Waals surface area contributed by atoms with Crippen molar-refractivity contribution in [3.63, 3.8) is 0 Å². The maximum atomic E-state index is 6.08. The topological polar surface area (TPSA) is 35.0 Å². The summed E-state index contributed by atoms with van der Waals surface area (Å²) in [5.74, 6) is 0.659. The van der Waals surface area contributed by atoms with E-state index in [-0.39, 0.29) is 5.28 Å². The smallest absolute Gasteiger partial charge is 0.231 e. The normalized spacial score (nSPS) is 10.8. The second-order valence-corrected chi connectivity index (χ2v) is 5.12. The van der Waals surface area contributed by atoms with Gasteiger partial charge in [-0.3, -0.25) is 0 Å². The maximum Gasteiger partial charge on any atom is 0.231 e. The highest BCUT2D eigenvalue weighted by atomic mass is 35.5. The molecule has 0 saturated heterocycles. The van der Waals surface area contributed by atoms with Gasteiger partial charge in [-0.2, -0.15) is 4.98 Å². The number of fused-ring (bicyclic) bond motifs is 1. The molecule has 0 saturated carbocycles. The van der Waals surface area contributed by atoms with Gasteiger partial charge in [0.05, 0.1) is 20.9 Å². The third-order valence-electron chi connectivity index (χ3n) is 2.66. The Morgan fingerprint density at radius 1 is 0.800 bits per heavy atom. The Morgan fingerprint density at radius 3 is 2.25 bits per heavy atom. The molecular weight excluding hydrogens is 319 g/mol. The zero-order valence-electron chi connectivity index (χ0n) is 9.98. The van der Waals surface area contributed by atoms with Gasteiger partial charge in [0.1, 0.15) is 0 Å². The monoisotopic (exact) mass is 324 g/mol. The van der Waals surface area contributed by atoms with Crippen LogP contribution in [0.5, 0.6) is 11.6 Å². The van der Waals surface area contributed by atoms with Gasteiger partial charge in [-0.05, 0) is 35.9 Å². The highest BCUT2D eigenvalue weighted by molar-refractivity contribution is 6.37. The Balaban J connectivity index is 2.16. The van der Waals surface area contributed by atoms with E-state index < -0.39 is 0 Å². The molecule has 0 amide bonds. The number of hydrogen-bond donors (Lipinski definition) is 0. The molecule has 3 nitrogen and oxygen atoms in total. The van der Waals surface area contributed by atoms with E-state index in [4.69, 9.17) is 39.5 Å². The lowest BCUT2D eigenvalue weighted by molar-refractivity contribution is 0.469. The number of aromatic nitrogens is 2. The second kappa shape index (κ2) is 5.44. The molecule has 0 spiro atoms. The zero-order valence-corrected chi connectivity index (χ0v) is 12.2. The SMILES string of the molecule is Clc1nc(Oc2c(Cl)cccc2Cl)c2ccccc2n1. The second-order valence-electron chi connectivity index (χ2n) is 3.97. The zero-order chi connectivity index (χ0) is 14.1. The molecule has 1 heterocycles. The number of ether oxygens (including phenoxy) is 1. The number of nitrogens with zero attached hydrogens (tertiary/aromatic N) is 2. The van der Waals surface area contributed by atoms with Gasteiger partial charge in [0.15, 0.2) is 5.75 Å². The summed E-state index contributed by atoms with van der Waals surface area (Å²) in [6.45, 7) is 0. The van der Waals surface area contributed by atoms with Crippen LogP contribution in [0.15, 0.2) is 42.5 Å². The number of benzene rings is 2. The number of hydrogen-bond acceptors (Lipinski definition) is 3. The Bertz CT molecular complexity index is 772. The van der Waals surface area contributed by atoms with Crippen molar-refractivity contribution in [2.24, 2.45) is 0 Å². The summed E-state index contributed by atoms with van der Waals surface area (Å²) in [5, 5.41) is 1.63. The minimum atomic E-state index is 0.0990. The van der Waals surface area contributed by atoms with E-state index in [1.165, 1.54) is 0 Å². The lowest BCUT2D eigenvalue weighted by Gasteiger charge is -2.10.